The van der Waals surface area contributed by atoms with E-state index in [0.29, 0.717) is 11.8 Å². The average molecular weight is 437 g/mol. The van der Waals surface area contributed by atoms with Gasteiger partial charge in [-0.25, -0.2) is 9.97 Å². The summed E-state index contributed by atoms with van der Waals surface area (Å²) in [5.74, 6) is 1.92. The fraction of sp³-hybridized carbons (Fsp3) is 0.143. The first-order valence-corrected chi connectivity index (χ1v) is 11.6. The third-order valence-electron chi connectivity index (χ3n) is 4.34. The van der Waals surface area contributed by atoms with Crippen molar-refractivity contribution in [1.29, 1.82) is 0 Å². The Morgan fingerprint density at radius 1 is 1.00 bits per heavy atom. The van der Waals surface area contributed by atoms with Crippen LogP contribution in [0, 0.1) is 6.92 Å². The predicted octanol–water partition coefficient (Wildman–Crippen LogP) is 6.63. The SMILES string of the molecule is Cc1nc(SC(C)c2nnc(-c3cccs3)o2)c2cc(-c3ccccc3)sc2n1. The number of aryl methyl sites for hydroxylation is 1. The molecule has 1 atom stereocenters. The second kappa shape index (κ2) is 7.70. The van der Waals surface area contributed by atoms with Crippen LogP contribution >= 0.6 is 34.4 Å². The molecule has 0 N–H and O–H groups in total. The molecule has 0 amide bonds. The zero-order valence-corrected chi connectivity index (χ0v) is 18.1. The van der Waals surface area contributed by atoms with Crippen molar-refractivity contribution < 1.29 is 4.42 Å². The lowest BCUT2D eigenvalue weighted by Gasteiger charge is -2.07. The number of fused-ring (bicyclic) bond motifs is 1. The lowest BCUT2D eigenvalue weighted by atomic mass is 10.2. The molecule has 0 spiro atoms. The second-order valence-electron chi connectivity index (χ2n) is 6.45. The first-order chi connectivity index (χ1) is 14.2. The molecule has 1 aromatic carbocycles. The average Bonchev–Trinajstić information content (AvgIpc) is 3.47. The molecule has 0 saturated carbocycles. The van der Waals surface area contributed by atoms with Gasteiger partial charge in [0.15, 0.2) is 0 Å². The van der Waals surface area contributed by atoms with E-state index in [-0.39, 0.29) is 5.25 Å². The first-order valence-electron chi connectivity index (χ1n) is 9.05. The Morgan fingerprint density at radius 2 is 1.86 bits per heavy atom. The largest absolute Gasteiger partial charge is 0.419 e. The number of hydrogen-bond acceptors (Lipinski definition) is 8. The smallest absolute Gasteiger partial charge is 0.257 e. The van der Waals surface area contributed by atoms with Crippen molar-refractivity contribution in [2.24, 2.45) is 0 Å². The molecule has 144 valence electrons. The van der Waals surface area contributed by atoms with E-state index in [1.54, 1.807) is 34.4 Å². The van der Waals surface area contributed by atoms with Crippen LogP contribution in [-0.4, -0.2) is 20.2 Å². The fourth-order valence-corrected chi connectivity index (χ4v) is 5.74. The van der Waals surface area contributed by atoms with Crippen molar-refractivity contribution >= 4 is 44.7 Å². The maximum Gasteiger partial charge on any atom is 0.257 e. The molecule has 5 nitrogen and oxygen atoms in total. The molecule has 1 unspecified atom stereocenters. The Kier molecular flexibility index (Phi) is 4.91. The third-order valence-corrected chi connectivity index (χ3v) is 7.36. The predicted molar refractivity (Wildman–Crippen MR) is 119 cm³/mol. The lowest BCUT2D eigenvalue weighted by molar-refractivity contribution is 0.510. The number of benzene rings is 1. The van der Waals surface area contributed by atoms with Crippen LogP contribution in [-0.2, 0) is 0 Å². The Hall–Kier alpha value is -2.55. The van der Waals surface area contributed by atoms with Gasteiger partial charge >= 0.3 is 0 Å². The minimum atomic E-state index is -0.0196. The zero-order chi connectivity index (χ0) is 19.8. The summed E-state index contributed by atoms with van der Waals surface area (Å²) in [5.41, 5.74) is 1.19. The van der Waals surface area contributed by atoms with Crippen LogP contribution in [0.1, 0.15) is 23.9 Å². The van der Waals surface area contributed by atoms with Crippen LogP contribution in [0.5, 0.6) is 0 Å². The van der Waals surface area contributed by atoms with Gasteiger partial charge in [0.25, 0.3) is 5.89 Å². The van der Waals surface area contributed by atoms with Crippen LogP contribution in [0.3, 0.4) is 0 Å². The van der Waals surface area contributed by atoms with Crippen molar-refractivity contribution in [2.75, 3.05) is 0 Å². The lowest BCUT2D eigenvalue weighted by Crippen LogP contribution is -1.94. The molecule has 0 aliphatic rings. The fourth-order valence-electron chi connectivity index (χ4n) is 2.95. The van der Waals surface area contributed by atoms with Gasteiger partial charge in [0.2, 0.25) is 5.89 Å². The molecule has 0 aliphatic carbocycles. The van der Waals surface area contributed by atoms with Crippen molar-refractivity contribution in [3.8, 4) is 21.2 Å². The summed E-state index contributed by atoms with van der Waals surface area (Å²) in [7, 11) is 0. The highest BCUT2D eigenvalue weighted by Gasteiger charge is 2.20. The van der Waals surface area contributed by atoms with E-state index in [4.69, 9.17) is 9.40 Å². The zero-order valence-electron chi connectivity index (χ0n) is 15.7. The van der Waals surface area contributed by atoms with E-state index < -0.39 is 0 Å². The van der Waals surface area contributed by atoms with Gasteiger partial charge in [-0.1, -0.05) is 48.2 Å². The van der Waals surface area contributed by atoms with Gasteiger partial charge in [-0.3, -0.25) is 0 Å². The summed E-state index contributed by atoms with van der Waals surface area (Å²) in [5, 5.41) is 12.4. The van der Waals surface area contributed by atoms with Crippen molar-refractivity contribution in [1.82, 2.24) is 20.2 Å². The van der Waals surface area contributed by atoms with Gasteiger partial charge in [-0.05, 0) is 36.9 Å². The van der Waals surface area contributed by atoms with Gasteiger partial charge < -0.3 is 4.42 Å². The highest BCUT2D eigenvalue weighted by Crippen LogP contribution is 2.41. The molecule has 0 bridgehead atoms. The minimum Gasteiger partial charge on any atom is -0.419 e. The molecule has 0 fully saturated rings. The van der Waals surface area contributed by atoms with Gasteiger partial charge in [0.05, 0.1) is 10.1 Å². The third kappa shape index (κ3) is 3.71. The summed E-state index contributed by atoms with van der Waals surface area (Å²) in [6.45, 7) is 3.99. The van der Waals surface area contributed by atoms with E-state index in [0.717, 1.165) is 25.9 Å². The summed E-state index contributed by atoms with van der Waals surface area (Å²) in [4.78, 5) is 12.5. The van der Waals surface area contributed by atoms with E-state index >= 15 is 0 Å². The summed E-state index contributed by atoms with van der Waals surface area (Å²) < 4.78 is 5.91. The normalized spacial score (nSPS) is 12.5. The molecule has 4 aromatic heterocycles. The summed E-state index contributed by atoms with van der Waals surface area (Å²) >= 11 is 4.90. The van der Waals surface area contributed by atoms with E-state index in [1.807, 2.05) is 30.5 Å². The number of nitrogens with zero attached hydrogens (tertiary/aromatic N) is 4. The molecular formula is C21H16N4OS3. The first kappa shape index (κ1) is 18.5. The van der Waals surface area contributed by atoms with Crippen LogP contribution in [0.25, 0.3) is 31.4 Å². The summed E-state index contributed by atoms with van der Waals surface area (Å²) in [6, 6.07) is 16.5. The van der Waals surface area contributed by atoms with E-state index in [1.165, 1.54) is 10.4 Å². The Bertz CT molecular complexity index is 1260. The quantitative estimate of drug-likeness (QED) is 0.227. The van der Waals surface area contributed by atoms with Crippen LogP contribution in [0.2, 0.25) is 0 Å². The maximum absolute atomic E-state index is 5.91. The second-order valence-corrected chi connectivity index (χ2v) is 9.76. The molecule has 5 aromatic rings. The van der Waals surface area contributed by atoms with Crippen molar-refractivity contribution in [2.45, 2.75) is 24.1 Å². The molecule has 0 aliphatic heterocycles. The topological polar surface area (TPSA) is 64.7 Å². The number of thioether (sulfide) groups is 1. The molecule has 8 heteroatoms. The standard InChI is InChI=1S/C21H16N4OS3/c1-12(18-24-25-19(26-18)16-9-6-10-27-16)28-20-15-11-17(14-7-4-3-5-8-14)29-21(15)23-13(2)22-20/h3-12H,1-2H3. The highest BCUT2D eigenvalue weighted by atomic mass is 32.2. The number of hydrogen-bond donors (Lipinski definition) is 0. The molecule has 0 radical (unpaired) electrons. The van der Waals surface area contributed by atoms with Crippen LogP contribution in [0.15, 0.2) is 63.4 Å². The van der Waals surface area contributed by atoms with Gasteiger partial charge in [0.1, 0.15) is 15.7 Å². The molecule has 4 heterocycles. The highest BCUT2D eigenvalue weighted by molar-refractivity contribution is 7.99. The molecular weight excluding hydrogens is 420 g/mol. The van der Waals surface area contributed by atoms with Crippen molar-refractivity contribution in [3.63, 3.8) is 0 Å². The van der Waals surface area contributed by atoms with E-state index in [9.17, 15) is 0 Å². The van der Waals surface area contributed by atoms with Gasteiger partial charge in [0, 0.05) is 10.3 Å². The van der Waals surface area contributed by atoms with Crippen LogP contribution < -0.4 is 0 Å². The monoisotopic (exact) mass is 436 g/mol. The minimum absolute atomic E-state index is 0.0196. The van der Waals surface area contributed by atoms with E-state index in [2.05, 4.69) is 52.4 Å². The van der Waals surface area contributed by atoms with Gasteiger partial charge in [-0.15, -0.1) is 32.9 Å². The number of aromatic nitrogens is 4. The number of rotatable bonds is 5. The molecule has 5 rings (SSSR count). The maximum atomic E-state index is 5.91. The van der Waals surface area contributed by atoms with Crippen molar-refractivity contribution in [3.05, 3.63) is 65.6 Å². The number of thiophene rings is 2. The Labute approximate surface area is 179 Å². The van der Waals surface area contributed by atoms with Gasteiger partial charge in [-0.2, -0.15) is 0 Å². The molecule has 0 saturated heterocycles. The summed E-state index contributed by atoms with van der Waals surface area (Å²) in [6.07, 6.45) is 0. The Balaban J connectivity index is 1.47. The molecule has 29 heavy (non-hydrogen) atoms. The van der Waals surface area contributed by atoms with Crippen LogP contribution in [0.4, 0.5) is 0 Å². The Morgan fingerprint density at radius 3 is 2.66 bits per heavy atom.